The van der Waals surface area contributed by atoms with E-state index in [1.807, 2.05) is 6.92 Å². The molecule has 0 unspecified atom stereocenters. The molecule has 0 aliphatic carbocycles. The molecule has 176 valence electrons. The summed E-state index contributed by atoms with van der Waals surface area (Å²) in [5.74, 6) is 0.444. The van der Waals surface area contributed by atoms with Gasteiger partial charge in [-0.1, -0.05) is 18.2 Å². The number of aromatic nitrogens is 3. The molecule has 3 aromatic rings. The van der Waals surface area contributed by atoms with Crippen molar-refractivity contribution in [2.24, 2.45) is 7.05 Å². The highest BCUT2D eigenvalue weighted by molar-refractivity contribution is 7.91. The number of hydrogen-bond acceptors (Lipinski definition) is 6. The van der Waals surface area contributed by atoms with Gasteiger partial charge in [0.05, 0.1) is 22.9 Å². The minimum absolute atomic E-state index is 0.00868. The fourth-order valence-electron chi connectivity index (χ4n) is 4.56. The number of hydrogen-bond donors (Lipinski definition) is 1. The van der Waals surface area contributed by atoms with Crippen molar-refractivity contribution in [2.75, 3.05) is 16.8 Å². The molecule has 0 bridgehead atoms. The minimum atomic E-state index is -3.06. The van der Waals surface area contributed by atoms with Crippen molar-refractivity contribution in [2.45, 2.75) is 45.1 Å². The molecule has 4 rings (SSSR count). The second-order valence-electron chi connectivity index (χ2n) is 8.58. The van der Waals surface area contributed by atoms with Gasteiger partial charge in [-0.2, -0.15) is 0 Å². The number of benzene rings is 1. The number of anilines is 1. The van der Waals surface area contributed by atoms with Crippen molar-refractivity contribution < 1.29 is 17.2 Å². The van der Waals surface area contributed by atoms with Crippen molar-refractivity contribution in [3.8, 4) is 0 Å². The van der Waals surface area contributed by atoms with Crippen LogP contribution in [0.4, 0.5) is 14.6 Å². The van der Waals surface area contributed by atoms with Crippen molar-refractivity contribution >= 4 is 26.7 Å². The zero-order chi connectivity index (χ0) is 23.9. The molecule has 1 aromatic carbocycles. The van der Waals surface area contributed by atoms with Gasteiger partial charge in [0.2, 0.25) is 0 Å². The van der Waals surface area contributed by atoms with Gasteiger partial charge in [-0.15, -0.1) is 0 Å². The van der Waals surface area contributed by atoms with Gasteiger partial charge in [0.15, 0.2) is 0 Å². The molecule has 33 heavy (non-hydrogen) atoms. The van der Waals surface area contributed by atoms with Gasteiger partial charge < -0.3 is 5.32 Å². The average Bonchev–Trinajstić information content (AvgIpc) is 2.76. The molecule has 0 saturated carbocycles. The van der Waals surface area contributed by atoms with Crippen molar-refractivity contribution in [3.05, 3.63) is 63.2 Å². The Labute approximate surface area is 190 Å². The topological polar surface area (TPSA) is 94.0 Å². The molecule has 10 heteroatoms. The van der Waals surface area contributed by atoms with Gasteiger partial charge in [-0.25, -0.2) is 27.2 Å². The quantitative estimate of drug-likeness (QED) is 0.597. The maximum atomic E-state index is 13.3. The summed E-state index contributed by atoms with van der Waals surface area (Å²) in [4.78, 5) is 21.6. The Bertz CT molecular complexity index is 1360. The molecule has 0 amide bonds. The lowest BCUT2D eigenvalue weighted by molar-refractivity contribution is 0.150. The second-order valence-corrected chi connectivity index (χ2v) is 10.9. The molecule has 1 aliphatic heterocycles. The van der Waals surface area contributed by atoms with Crippen molar-refractivity contribution in [1.29, 1.82) is 0 Å². The number of aryl methyl sites for hydroxylation is 1. The fourth-order valence-corrected chi connectivity index (χ4v) is 6.05. The lowest BCUT2D eigenvalue weighted by Crippen LogP contribution is -2.29. The number of sulfone groups is 1. The second kappa shape index (κ2) is 8.81. The summed E-state index contributed by atoms with van der Waals surface area (Å²) in [6.45, 7) is 3.53. The van der Waals surface area contributed by atoms with E-state index in [1.54, 1.807) is 32.2 Å². The van der Waals surface area contributed by atoms with Crippen molar-refractivity contribution in [1.82, 2.24) is 14.5 Å². The largest absolute Gasteiger partial charge is 0.363 e. The van der Waals surface area contributed by atoms with Crippen molar-refractivity contribution in [3.63, 3.8) is 0 Å². The molecule has 0 radical (unpaired) electrons. The maximum absolute atomic E-state index is 13.3. The first-order chi connectivity index (χ1) is 15.6. The fraction of sp³-hybridized carbons (Fsp3) is 0.435. The van der Waals surface area contributed by atoms with Crippen LogP contribution in [-0.2, 0) is 16.9 Å². The van der Waals surface area contributed by atoms with Gasteiger partial charge in [-0.3, -0.25) is 9.36 Å². The summed E-state index contributed by atoms with van der Waals surface area (Å²) in [6, 6.07) is 6.24. The Balaban J connectivity index is 1.74. The molecule has 3 heterocycles. The standard InChI is InChI=1S/C23H26F2N4O3S/c1-13-16(5-4-6-17(13)20(24)25)14(2)28-21-19-11-18(15-7-9-33(31,32)10-8-15)23(30)29(3)22(19)27-12-26-21/h4-6,11-12,14-15,20H,7-10H2,1-3H3,(H,26,27,28)/t14-/m1/s1. The molecule has 7 nitrogen and oxygen atoms in total. The van der Waals surface area contributed by atoms with E-state index in [2.05, 4.69) is 15.3 Å². The first-order valence-electron chi connectivity index (χ1n) is 10.8. The van der Waals surface area contributed by atoms with Crippen LogP contribution < -0.4 is 10.9 Å². The number of fused-ring (bicyclic) bond motifs is 1. The van der Waals surface area contributed by atoms with E-state index in [-0.39, 0.29) is 34.6 Å². The Kier molecular flexibility index (Phi) is 6.22. The molecule has 1 fully saturated rings. The molecule has 1 N–H and O–H groups in total. The van der Waals surface area contributed by atoms with Gasteiger partial charge >= 0.3 is 0 Å². The van der Waals surface area contributed by atoms with E-state index in [9.17, 15) is 22.0 Å². The predicted molar refractivity (Wildman–Crippen MR) is 124 cm³/mol. The minimum Gasteiger partial charge on any atom is -0.363 e. The summed E-state index contributed by atoms with van der Waals surface area (Å²) >= 11 is 0. The van der Waals surface area contributed by atoms with Crippen LogP contribution >= 0.6 is 0 Å². The normalized spacial score (nSPS) is 17.4. The van der Waals surface area contributed by atoms with Crippen LogP contribution in [-0.4, -0.2) is 34.5 Å². The number of halogens is 2. The smallest absolute Gasteiger partial charge is 0.264 e. The maximum Gasteiger partial charge on any atom is 0.264 e. The third-order valence-corrected chi connectivity index (χ3v) is 8.21. The van der Waals surface area contributed by atoms with Crippen LogP contribution in [0.15, 0.2) is 35.4 Å². The number of rotatable bonds is 5. The van der Waals surface area contributed by atoms with Crippen LogP contribution in [0.25, 0.3) is 11.0 Å². The number of alkyl halides is 2. The molecule has 1 aliphatic rings. The molecular weight excluding hydrogens is 450 g/mol. The van der Waals surface area contributed by atoms with Crippen LogP contribution in [0.5, 0.6) is 0 Å². The predicted octanol–water partition coefficient (Wildman–Crippen LogP) is 4.04. The monoisotopic (exact) mass is 476 g/mol. The van der Waals surface area contributed by atoms with E-state index in [4.69, 9.17) is 0 Å². The summed E-state index contributed by atoms with van der Waals surface area (Å²) in [6.07, 6.45) is -0.412. The highest BCUT2D eigenvalue weighted by Gasteiger charge is 2.28. The van der Waals surface area contributed by atoms with E-state index in [1.165, 1.54) is 17.0 Å². The lowest BCUT2D eigenvalue weighted by atomic mass is 9.93. The number of pyridine rings is 1. The molecule has 2 aromatic heterocycles. The third-order valence-electron chi connectivity index (χ3n) is 6.50. The Hall–Kier alpha value is -2.88. The van der Waals surface area contributed by atoms with Crippen LogP contribution in [0.3, 0.4) is 0 Å². The summed E-state index contributed by atoms with van der Waals surface area (Å²) in [5, 5.41) is 3.91. The Morgan fingerprint density at radius 1 is 1.15 bits per heavy atom. The first-order valence-corrected chi connectivity index (χ1v) is 12.6. The molecular formula is C23H26F2N4O3S. The van der Waals surface area contributed by atoms with Crippen LogP contribution in [0.1, 0.15) is 60.4 Å². The highest BCUT2D eigenvalue weighted by Crippen LogP contribution is 2.32. The number of nitrogens with zero attached hydrogens (tertiary/aromatic N) is 3. The Morgan fingerprint density at radius 3 is 2.48 bits per heavy atom. The van der Waals surface area contributed by atoms with Gasteiger partial charge in [0.25, 0.3) is 12.0 Å². The Morgan fingerprint density at radius 2 is 1.82 bits per heavy atom. The molecule has 0 spiro atoms. The number of nitrogens with one attached hydrogen (secondary N) is 1. The van der Waals surface area contributed by atoms with Gasteiger partial charge in [-0.05, 0) is 49.8 Å². The third kappa shape index (κ3) is 4.48. The summed E-state index contributed by atoms with van der Waals surface area (Å²) < 4.78 is 51.8. The van der Waals surface area contributed by atoms with E-state index >= 15 is 0 Å². The molecule has 1 atom stereocenters. The van der Waals surface area contributed by atoms with Gasteiger partial charge in [0, 0.05) is 18.2 Å². The van der Waals surface area contributed by atoms with E-state index in [0.29, 0.717) is 40.8 Å². The van der Waals surface area contributed by atoms with Crippen LogP contribution in [0.2, 0.25) is 0 Å². The van der Waals surface area contributed by atoms with E-state index in [0.717, 1.165) is 5.56 Å². The molecule has 1 saturated heterocycles. The summed E-state index contributed by atoms with van der Waals surface area (Å²) in [5.41, 5.74) is 2.01. The zero-order valence-corrected chi connectivity index (χ0v) is 19.5. The zero-order valence-electron chi connectivity index (χ0n) is 18.7. The SMILES string of the molecule is Cc1c(C(F)F)cccc1[C@@H](C)Nc1ncnc2c1cc(C1CCS(=O)(=O)CC1)c(=O)n2C. The van der Waals surface area contributed by atoms with Gasteiger partial charge in [0.1, 0.15) is 27.6 Å². The lowest BCUT2D eigenvalue weighted by Gasteiger charge is -2.23. The highest BCUT2D eigenvalue weighted by atomic mass is 32.2. The van der Waals surface area contributed by atoms with Crippen LogP contribution in [0, 0.1) is 6.92 Å². The summed E-state index contributed by atoms with van der Waals surface area (Å²) in [7, 11) is -1.43. The van der Waals surface area contributed by atoms with E-state index < -0.39 is 16.3 Å². The average molecular weight is 477 g/mol. The first kappa shape index (κ1) is 23.3.